The average Bonchev–Trinajstić information content (AvgIpc) is 2.80. The number of nitrogens with one attached hydrogen (secondary N) is 2. The van der Waals surface area contributed by atoms with Gasteiger partial charge in [0.25, 0.3) is 0 Å². The van der Waals surface area contributed by atoms with Crippen LogP contribution in [0.5, 0.6) is 0 Å². The monoisotopic (exact) mass is 447 g/mol. The maximum Gasteiger partial charge on any atom is 0.328 e. The third-order valence-corrected chi connectivity index (χ3v) is 5.29. The maximum absolute atomic E-state index is 13.1. The molecule has 2 aromatic carbocycles. The number of benzene rings is 2. The normalized spacial score (nSPS) is 12.5. The summed E-state index contributed by atoms with van der Waals surface area (Å²) in [5.74, 6) is 4.74. The summed E-state index contributed by atoms with van der Waals surface area (Å²) < 4.78 is 0. The molecule has 8 nitrogen and oxygen atoms in total. The molecule has 170 valence electrons. The second kappa shape index (κ2) is 11.5. The molecule has 0 radical (unpaired) electrons. The molecule has 1 unspecified atom stereocenters. The number of rotatable bonds is 10. The molecule has 1 aliphatic heterocycles. The van der Waals surface area contributed by atoms with E-state index in [0.717, 1.165) is 22.4 Å². The van der Waals surface area contributed by atoms with Gasteiger partial charge in [-0.3, -0.25) is 14.4 Å². The van der Waals surface area contributed by atoms with Crippen LogP contribution >= 0.6 is 0 Å². The number of carbonyl (C=O) groups is 4. The van der Waals surface area contributed by atoms with Gasteiger partial charge in [-0.25, -0.2) is 4.79 Å². The van der Waals surface area contributed by atoms with E-state index >= 15 is 0 Å². The highest BCUT2D eigenvalue weighted by Crippen LogP contribution is 2.26. The van der Waals surface area contributed by atoms with E-state index in [1.54, 1.807) is 4.90 Å². The van der Waals surface area contributed by atoms with Gasteiger partial charge in [0, 0.05) is 30.5 Å². The van der Waals surface area contributed by atoms with Crippen LogP contribution in [0.4, 0.5) is 5.69 Å². The fourth-order valence-corrected chi connectivity index (χ4v) is 3.51. The van der Waals surface area contributed by atoms with Crippen molar-refractivity contribution in [2.75, 3.05) is 11.4 Å². The summed E-state index contributed by atoms with van der Waals surface area (Å²) in [6, 6.07) is 14.1. The van der Waals surface area contributed by atoms with Crippen molar-refractivity contribution in [3.8, 4) is 11.8 Å². The molecule has 1 atom stereocenters. The predicted molar refractivity (Wildman–Crippen MR) is 122 cm³/mol. The average molecular weight is 447 g/mol. The van der Waals surface area contributed by atoms with E-state index in [9.17, 15) is 19.2 Å². The quantitative estimate of drug-likeness (QED) is 0.292. The molecule has 0 aromatic heterocycles. The Hall–Kier alpha value is -4.12. The molecule has 8 heteroatoms. The predicted octanol–water partition coefficient (Wildman–Crippen LogP) is 1.81. The Kier molecular flexibility index (Phi) is 8.19. The Bertz CT molecular complexity index is 1100. The first-order valence-corrected chi connectivity index (χ1v) is 10.7. The summed E-state index contributed by atoms with van der Waals surface area (Å²) in [6.07, 6.45) is 1.69. The zero-order valence-electron chi connectivity index (χ0n) is 18.0. The van der Waals surface area contributed by atoms with Gasteiger partial charge in [0.15, 0.2) is 0 Å². The summed E-state index contributed by atoms with van der Waals surface area (Å²) in [6.45, 7) is 0.221. The van der Waals surface area contributed by atoms with Gasteiger partial charge in [-0.05, 0) is 36.6 Å². The van der Waals surface area contributed by atoms with Crippen LogP contribution in [0.15, 0.2) is 48.5 Å². The number of anilines is 1. The number of hydrogen-bond acceptors (Lipinski definition) is 4. The van der Waals surface area contributed by atoms with Crippen molar-refractivity contribution >= 4 is 29.9 Å². The van der Waals surface area contributed by atoms with Crippen molar-refractivity contribution in [3.05, 3.63) is 65.2 Å². The van der Waals surface area contributed by atoms with Crippen molar-refractivity contribution in [2.24, 2.45) is 0 Å². The second-order valence-corrected chi connectivity index (χ2v) is 7.59. The summed E-state index contributed by atoms with van der Waals surface area (Å²) in [5, 5.41) is 13.6. The second-order valence-electron chi connectivity index (χ2n) is 7.59. The van der Waals surface area contributed by atoms with E-state index in [0.29, 0.717) is 19.4 Å². The van der Waals surface area contributed by atoms with Crippen molar-refractivity contribution < 1.29 is 24.3 Å². The Morgan fingerprint density at radius 2 is 1.67 bits per heavy atom. The van der Waals surface area contributed by atoms with Gasteiger partial charge in [-0.2, -0.15) is 0 Å². The van der Waals surface area contributed by atoms with E-state index in [-0.39, 0.29) is 37.6 Å². The topological polar surface area (TPSA) is 116 Å². The number of aliphatic carboxylic acids is 1. The summed E-state index contributed by atoms with van der Waals surface area (Å²) in [5.41, 5.74) is 3.43. The van der Waals surface area contributed by atoms with Gasteiger partial charge >= 0.3 is 5.97 Å². The van der Waals surface area contributed by atoms with E-state index in [1.165, 1.54) is 0 Å². The summed E-state index contributed by atoms with van der Waals surface area (Å²) in [7, 11) is 0. The van der Waals surface area contributed by atoms with Gasteiger partial charge in [0.1, 0.15) is 6.04 Å². The number of amides is 3. The number of carboxylic acid groups (broad SMARTS) is 1. The standard InChI is InChI=1S/C25H25N3O5/c29-17-27-21(25(32)33)15-26-23(30)11-5-6-12-24(31)28-16-20-9-2-1-7-18(20)13-14-19-8-3-4-10-22(19)28/h1-4,7-10,17,21H,5-6,11-12,15-16H2,(H,26,30)(H,27,29)(H,32,33). The van der Waals surface area contributed by atoms with E-state index in [1.807, 2.05) is 48.5 Å². The van der Waals surface area contributed by atoms with Crippen molar-refractivity contribution in [3.63, 3.8) is 0 Å². The number of nitrogens with zero attached hydrogens (tertiary/aromatic N) is 1. The number of carboxylic acids is 1. The van der Waals surface area contributed by atoms with Crippen molar-refractivity contribution in [1.82, 2.24) is 10.6 Å². The third kappa shape index (κ3) is 6.43. The first-order chi connectivity index (χ1) is 16.0. The molecule has 1 heterocycles. The number of fused-ring (bicyclic) bond motifs is 2. The zero-order valence-corrected chi connectivity index (χ0v) is 18.0. The lowest BCUT2D eigenvalue weighted by molar-refractivity contribution is -0.140. The highest BCUT2D eigenvalue weighted by Gasteiger charge is 2.21. The molecule has 33 heavy (non-hydrogen) atoms. The molecule has 0 fully saturated rings. The lowest BCUT2D eigenvalue weighted by Gasteiger charge is -2.26. The van der Waals surface area contributed by atoms with Crippen LogP contribution in [0.2, 0.25) is 0 Å². The smallest absolute Gasteiger partial charge is 0.328 e. The molecular weight excluding hydrogens is 422 g/mol. The van der Waals surface area contributed by atoms with E-state index in [4.69, 9.17) is 5.11 Å². The third-order valence-electron chi connectivity index (χ3n) is 5.29. The summed E-state index contributed by atoms with van der Waals surface area (Å²) >= 11 is 0. The van der Waals surface area contributed by atoms with Crippen LogP contribution in [0.1, 0.15) is 42.4 Å². The molecular formula is C25H25N3O5. The van der Waals surface area contributed by atoms with Crippen LogP contribution in [-0.4, -0.2) is 41.9 Å². The molecule has 2 aromatic rings. The van der Waals surface area contributed by atoms with E-state index in [2.05, 4.69) is 22.5 Å². The number of carbonyl (C=O) groups excluding carboxylic acids is 3. The Morgan fingerprint density at radius 3 is 2.42 bits per heavy atom. The Morgan fingerprint density at radius 1 is 1.00 bits per heavy atom. The van der Waals surface area contributed by atoms with Crippen LogP contribution in [0, 0.1) is 11.8 Å². The van der Waals surface area contributed by atoms with Crippen LogP contribution in [-0.2, 0) is 25.7 Å². The highest BCUT2D eigenvalue weighted by molar-refractivity contribution is 5.95. The van der Waals surface area contributed by atoms with E-state index < -0.39 is 12.0 Å². The number of para-hydroxylation sites is 1. The first kappa shape index (κ1) is 23.5. The van der Waals surface area contributed by atoms with Crippen molar-refractivity contribution in [1.29, 1.82) is 0 Å². The van der Waals surface area contributed by atoms with Gasteiger partial charge in [-0.1, -0.05) is 42.2 Å². The van der Waals surface area contributed by atoms with Crippen LogP contribution in [0.25, 0.3) is 0 Å². The summed E-state index contributed by atoms with van der Waals surface area (Å²) in [4.78, 5) is 48.2. The minimum Gasteiger partial charge on any atom is -0.480 e. The van der Waals surface area contributed by atoms with Crippen LogP contribution in [0.3, 0.4) is 0 Å². The maximum atomic E-state index is 13.1. The SMILES string of the molecule is O=CNC(CNC(=O)CCCCC(=O)N1Cc2ccccc2C#Cc2ccccc21)C(=O)O. The largest absolute Gasteiger partial charge is 0.480 e. The van der Waals surface area contributed by atoms with Crippen LogP contribution < -0.4 is 15.5 Å². The van der Waals surface area contributed by atoms with Gasteiger partial charge < -0.3 is 20.6 Å². The molecule has 1 aliphatic rings. The molecule has 3 N–H and O–H groups in total. The fourth-order valence-electron chi connectivity index (χ4n) is 3.51. The molecule has 0 saturated carbocycles. The Labute approximate surface area is 192 Å². The lowest BCUT2D eigenvalue weighted by Crippen LogP contribution is -2.45. The number of hydrogen-bond donors (Lipinski definition) is 3. The van der Waals surface area contributed by atoms with Gasteiger partial charge in [-0.15, -0.1) is 0 Å². The molecule has 0 saturated heterocycles. The highest BCUT2D eigenvalue weighted by atomic mass is 16.4. The molecule has 3 amide bonds. The molecule has 0 spiro atoms. The van der Waals surface area contributed by atoms with Gasteiger partial charge in [0.05, 0.1) is 12.2 Å². The van der Waals surface area contributed by atoms with Gasteiger partial charge in [0.2, 0.25) is 18.2 Å². The first-order valence-electron chi connectivity index (χ1n) is 10.7. The fraction of sp³-hybridized carbons (Fsp3) is 0.280. The lowest BCUT2D eigenvalue weighted by atomic mass is 10.0. The zero-order chi connectivity index (χ0) is 23.6. The molecule has 3 rings (SSSR count). The van der Waals surface area contributed by atoms with Crippen molar-refractivity contribution in [2.45, 2.75) is 38.3 Å². The number of unbranched alkanes of at least 4 members (excludes halogenated alkanes) is 1. The molecule has 0 bridgehead atoms. The minimum atomic E-state index is -1.23. The minimum absolute atomic E-state index is 0.0533. The Balaban J connectivity index is 1.56. The molecule has 0 aliphatic carbocycles.